The van der Waals surface area contributed by atoms with Crippen LogP contribution in [0.3, 0.4) is 0 Å². The summed E-state index contributed by atoms with van der Waals surface area (Å²) in [5, 5.41) is 5.93. The normalized spacial score (nSPS) is 17.0. The smallest absolute Gasteiger partial charge is 0.0304 e. The van der Waals surface area contributed by atoms with Gasteiger partial charge in [0.15, 0.2) is 0 Å². The minimum Gasteiger partial charge on any atom is -0.309 e. The SMILES string of the molecule is Cc1cccc(CN2CCC(NCc3sccc3C)CC2)c1. The molecule has 2 aromatic rings. The lowest BCUT2D eigenvalue weighted by atomic mass is 10.0. The molecule has 0 amide bonds. The molecule has 0 bridgehead atoms. The van der Waals surface area contributed by atoms with Crippen molar-refractivity contribution in [2.75, 3.05) is 13.1 Å². The number of thiophene rings is 1. The van der Waals surface area contributed by atoms with Gasteiger partial charge in [-0.15, -0.1) is 11.3 Å². The van der Waals surface area contributed by atoms with E-state index in [1.807, 2.05) is 11.3 Å². The van der Waals surface area contributed by atoms with Crippen LogP contribution in [-0.4, -0.2) is 24.0 Å². The zero-order chi connectivity index (χ0) is 15.4. The molecule has 2 heterocycles. The molecule has 0 spiro atoms. The number of nitrogens with one attached hydrogen (secondary N) is 1. The third kappa shape index (κ3) is 4.19. The Kier molecular flexibility index (Phi) is 5.29. The summed E-state index contributed by atoms with van der Waals surface area (Å²) in [7, 11) is 0. The third-order valence-corrected chi connectivity index (χ3v) is 5.62. The van der Waals surface area contributed by atoms with Crippen LogP contribution in [0.4, 0.5) is 0 Å². The molecule has 0 unspecified atom stereocenters. The Balaban J connectivity index is 1.43. The van der Waals surface area contributed by atoms with Crippen molar-refractivity contribution in [1.82, 2.24) is 10.2 Å². The monoisotopic (exact) mass is 314 g/mol. The van der Waals surface area contributed by atoms with Gasteiger partial charge in [-0.3, -0.25) is 4.90 Å². The first kappa shape index (κ1) is 15.7. The van der Waals surface area contributed by atoms with Gasteiger partial charge in [-0.05, 0) is 62.4 Å². The summed E-state index contributed by atoms with van der Waals surface area (Å²) in [6.45, 7) is 8.92. The Morgan fingerprint density at radius 2 is 2.00 bits per heavy atom. The van der Waals surface area contributed by atoms with E-state index in [-0.39, 0.29) is 0 Å². The lowest BCUT2D eigenvalue weighted by molar-refractivity contribution is 0.190. The summed E-state index contributed by atoms with van der Waals surface area (Å²) < 4.78 is 0. The Morgan fingerprint density at radius 1 is 1.18 bits per heavy atom. The summed E-state index contributed by atoms with van der Waals surface area (Å²) in [5.74, 6) is 0. The maximum atomic E-state index is 3.74. The maximum Gasteiger partial charge on any atom is 0.0304 e. The fourth-order valence-electron chi connectivity index (χ4n) is 3.19. The molecule has 0 radical (unpaired) electrons. The Labute approximate surface area is 138 Å². The van der Waals surface area contributed by atoms with Crippen molar-refractivity contribution in [1.29, 1.82) is 0 Å². The number of hydrogen-bond acceptors (Lipinski definition) is 3. The number of rotatable bonds is 5. The van der Waals surface area contributed by atoms with E-state index in [0.717, 1.165) is 13.1 Å². The summed E-state index contributed by atoms with van der Waals surface area (Å²) in [5.41, 5.74) is 4.23. The van der Waals surface area contributed by atoms with Gasteiger partial charge in [0.1, 0.15) is 0 Å². The van der Waals surface area contributed by atoms with E-state index >= 15 is 0 Å². The second-order valence-electron chi connectivity index (χ2n) is 6.45. The average molecular weight is 314 g/mol. The second-order valence-corrected chi connectivity index (χ2v) is 7.45. The maximum absolute atomic E-state index is 3.74. The number of piperidine rings is 1. The van der Waals surface area contributed by atoms with Gasteiger partial charge >= 0.3 is 0 Å². The summed E-state index contributed by atoms with van der Waals surface area (Å²) in [4.78, 5) is 4.07. The second kappa shape index (κ2) is 7.40. The van der Waals surface area contributed by atoms with Gasteiger partial charge in [0.05, 0.1) is 0 Å². The Morgan fingerprint density at radius 3 is 2.68 bits per heavy atom. The molecule has 1 aliphatic rings. The van der Waals surface area contributed by atoms with E-state index in [0.29, 0.717) is 6.04 Å². The molecule has 0 atom stereocenters. The van der Waals surface area contributed by atoms with Crippen molar-refractivity contribution in [3.05, 3.63) is 57.3 Å². The lowest BCUT2D eigenvalue weighted by Crippen LogP contribution is -2.41. The number of hydrogen-bond donors (Lipinski definition) is 1. The average Bonchev–Trinajstić information content (AvgIpc) is 2.92. The highest BCUT2D eigenvalue weighted by molar-refractivity contribution is 7.10. The van der Waals surface area contributed by atoms with Gasteiger partial charge < -0.3 is 5.32 Å². The quantitative estimate of drug-likeness (QED) is 0.893. The van der Waals surface area contributed by atoms with Gasteiger partial charge in [0.25, 0.3) is 0 Å². The van der Waals surface area contributed by atoms with E-state index < -0.39 is 0 Å². The molecule has 1 saturated heterocycles. The van der Waals surface area contributed by atoms with Crippen molar-refractivity contribution >= 4 is 11.3 Å². The van der Waals surface area contributed by atoms with Crippen molar-refractivity contribution < 1.29 is 0 Å². The lowest BCUT2D eigenvalue weighted by Gasteiger charge is -2.32. The standard InChI is InChI=1S/C19H26N2S/c1-15-4-3-5-17(12-15)14-21-9-6-18(7-10-21)20-13-19-16(2)8-11-22-19/h3-5,8,11-12,18,20H,6-7,9-10,13-14H2,1-2H3. The van der Waals surface area contributed by atoms with Crippen LogP contribution in [0.1, 0.15) is 34.4 Å². The first-order chi connectivity index (χ1) is 10.7. The molecule has 0 aliphatic carbocycles. The van der Waals surface area contributed by atoms with Gasteiger partial charge in [0.2, 0.25) is 0 Å². The van der Waals surface area contributed by atoms with Crippen molar-refractivity contribution in [2.45, 2.75) is 45.8 Å². The highest BCUT2D eigenvalue weighted by atomic mass is 32.1. The van der Waals surface area contributed by atoms with Gasteiger partial charge in [-0.2, -0.15) is 0 Å². The van der Waals surface area contributed by atoms with E-state index in [1.165, 1.54) is 47.5 Å². The van der Waals surface area contributed by atoms with Crippen LogP contribution in [0.5, 0.6) is 0 Å². The molecule has 3 heteroatoms. The molecule has 1 fully saturated rings. The van der Waals surface area contributed by atoms with Crippen LogP contribution in [0.2, 0.25) is 0 Å². The summed E-state index contributed by atoms with van der Waals surface area (Å²) in [6, 6.07) is 11.8. The number of likely N-dealkylation sites (tertiary alicyclic amines) is 1. The molecule has 1 aromatic heterocycles. The van der Waals surface area contributed by atoms with E-state index in [9.17, 15) is 0 Å². The van der Waals surface area contributed by atoms with Gasteiger partial charge in [-0.25, -0.2) is 0 Å². The molecular formula is C19H26N2S. The number of aryl methyl sites for hydroxylation is 2. The molecule has 1 aromatic carbocycles. The molecule has 0 saturated carbocycles. The molecule has 2 nitrogen and oxygen atoms in total. The topological polar surface area (TPSA) is 15.3 Å². The molecule has 118 valence electrons. The predicted molar refractivity (Wildman–Crippen MR) is 95.4 cm³/mol. The number of benzene rings is 1. The first-order valence-corrected chi connectivity index (χ1v) is 9.13. The van der Waals surface area contributed by atoms with E-state index in [2.05, 4.69) is 59.8 Å². The fourth-order valence-corrected chi connectivity index (χ4v) is 4.04. The Hall–Kier alpha value is -1.16. The van der Waals surface area contributed by atoms with Crippen LogP contribution in [0.25, 0.3) is 0 Å². The van der Waals surface area contributed by atoms with Crippen molar-refractivity contribution in [3.63, 3.8) is 0 Å². The minimum atomic E-state index is 0.676. The van der Waals surface area contributed by atoms with Crippen LogP contribution < -0.4 is 5.32 Å². The molecule has 22 heavy (non-hydrogen) atoms. The molecular weight excluding hydrogens is 288 g/mol. The zero-order valence-corrected chi connectivity index (χ0v) is 14.5. The third-order valence-electron chi connectivity index (χ3n) is 4.60. The largest absolute Gasteiger partial charge is 0.309 e. The number of nitrogens with zero attached hydrogens (tertiary/aromatic N) is 1. The zero-order valence-electron chi connectivity index (χ0n) is 13.6. The van der Waals surface area contributed by atoms with E-state index in [4.69, 9.17) is 0 Å². The van der Waals surface area contributed by atoms with E-state index in [1.54, 1.807) is 0 Å². The highest BCUT2D eigenvalue weighted by Crippen LogP contribution is 2.18. The summed E-state index contributed by atoms with van der Waals surface area (Å²) >= 11 is 1.87. The van der Waals surface area contributed by atoms with Crippen LogP contribution in [0.15, 0.2) is 35.7 Å². The highest BCUT2D eigenvalue weighted by Gasteiger charge is 2.19. The van der Waals surface area contributed by atoms with Crippen LogP contribution in [0, 0.1) is 13.8 Å². The fraction of sp³-hybridized carbons (Fsp3) is 0.474. The predicted octanol–water partition coefficient (Wildman–Crippen LogP) is 4.12. The van der Waals surface area contributed by atoms with Gasteiger partial charge in [-0.1, -0.05) is 29.8 Å². The molecule has 1 N–H and O–H groups in total. The van der Waals surface area contributed by atoms with Crippen molar-refractivity contribution in [2.24, 2.45) is 0 Å². The summed E-state index contributed by atoms with van der Waals surface area (Å²) in [6.07, 6.45) is 2.52. The first-order valence-electron chi connectivity index (χ1n) is 8.25. The minimum absolute atomic E-state index is 0.676. The van der Waals surface area contributed by atoms with Crippen molar-refractivity contribution in [3.8, 4) is 0 Å². The van der Waals surface area contributed by atoms with Crippen LogP contribution >= 0.6 is 11.3 Å². The van der Waals surface area contributed by atoms with Crippen LogP contribution in [-0.2, 0) is 13.1 Å². The Bertz CT molecular complexity index is 597. The molecule has 1 aliphatic heterocycles. The van der Waals surface area contributed by atoms with Gasteiger partial charge in [0, 0.05) is 24.0 Å². The molecule has 3 rings (SSSR count).